The lowest BCUT2D eigenvalue weighted by molar-refractivity contribution is -0.135. The highest BCUT2D eigenvalue weighted by Gasteiger charge is 2.24. The fraction of sp³-hybridized carbons (Fsp3) is 0.722. The normalized spacial score (nSPS) is 16.6. The van der Waals surface area contributed by atoms with E-state index >= 15 is 0 Å². The molecule has 7 nitrogen and oxygen atoms in total. The number of aromatic nitrogens is 1. The molecule has 7 heteroatoms. The number of likely N-dealkylation sites (tertiary alicyclic amines) is 1. The predicted octanol–water partition coefficient (Wildman–Crippen LogP) is 2.11. The number of nitrogens with zero attached hydrogens (tertiary/aromatic N) is 3. The highest BCUT2D eigenvalue weighted by molar-refractivity contribution is 5.80. The molecule has 2 rings (SSSR count). The summed E-state index contributed by atoms with van der Waals surface area (Å²) < 4.78 is 5.33. The van der Waals surface area contributed by atoms with Crippen molar-refractivity contribution in [1.82, 2.24) is 20.7 Å². The van der Waals surface area contributed by atoms with Crippen LogP contribution in [0.15, 0.2) is 15.6 Å². The van der Waals surface area contributed by atoms with E-state index in [9.17, 15) is 4.79 Å². The monoisotopic (exact) mass is 349 g/mol. The van der Waals surface area contributed by atoms with Crippen molar-refractivity contribution < 1.29 is 9.32 Å². The van der Waals surface area contributed by atoms with Gasteiger partial charge in [-0.25, -0.2) is 0 Å². The first-order valence-electron chi connectivity index (χ1n) is 9.12. The lowest BCUT2D eigenvalue weighted by atomic mass is 10.0. The van der Waals surface area contributed by atoms with Crippen LogP contribution >= 0.6 is 0 Å². The minimum Gasteiger partial charge on any atom is -0.359 e. The first-order chi connectivity index (χ1) is 11.9. The number of aliphatic imine (C=N–C) groups is 1. The third kappa shape index (κ3) is 5.47. The predicted molar refractivity (Wildman–Crippen MR) is 98.4 cm³/mol. The van der Waals surface area contributed by atoms with Crippen LogP contribution in [-0.2, 0) is 11.3 Å². The number of piperidine rings is 1. The Morgan fingerprint density at radius 1 is 1.36 bits per heavy atom. The Bertz CT molecular complexity index is 586. The molecule has 0 aromatic carbocycles. The second-order valence-electron chi connectivity index (χ2n) is 7.20. The van der Waals surface area contributed by atoms with Gasteiger partial charge in [0.2, 0.25) is 5.91 Å². The molecule has 1 fully saturated rings. The minimum atomic E-state index is 0.0663. The van der Waals surface area contributed by atoms with Gasteiger partial charge in [-0.05, 0) is 18.8 Å². The quantitative estimate of drug-likeness (QED) is 0.628. The molecule has 0 saturated carbocycles. The van der Waals surface area contributed by atoms with Gasteiger partial charge < -0.3 is 20.1 Å². The van der Waals surface area contributed by atoms with Crippen LogP contribution in [0.4, 0.5) is 0 Å². The molecule has 1 aliphatic heterocycles. The van der Waals surface area contributed by atoms with Crippen molar-refractivity contribution in [2.24, 2.45) is 10.9 Å². The summed E-state index contributed by atoms with van der Waals surface area (Å²) in [5.74, 6) is 2.21. The van der Waals surface area contributed by atoms with Crippen molar-refractivity contribution >= 4 is 11.9 Å². The largest absolute Gasteiger partial charge is 0.359 e. The zero-order valence-corrected chi connectivity index (χ0v) is 16.0. The average molecular weight is 349 g/mol. The molecular weight excluding hydrogens is 318 g/mol. The number of amides is 1. The Kier molecular flexibility index (Phi) is 6.84. The molecule has 0 unspecified atom stereocenters. The van der Waals surface area contributed by atoms with E-state index in [1.54, 1.807) is 7.05 Å². The van der Waals surface area contributed by atoms with E-state index in [-0.39, 0.29) is 11.8 Å². The maximum absolute atomic E-state index is 12.0. The van der Waals surface area contributed by atoms with Crippen LogP contribution in [0.2, 0.25) is 0 Å². The topological polar surface area (TPSA) is 82.8 Å². The number of rotatable bonds is 5. The van der Waals surface area contributed by atoms with Crippen molar-refractivity contribution in [1.29, 1.82) is 0 Å². The SMILES string of the molecule is CN=C(NCc1cc(C(C)C)no1)NC1CCN(C(=O)C(C)C)CC1. The van der Waals surface area contributed by atoms with E-state index in [1.165, 1.54) is 0 Å². The number of carbonyl (C=O) groups excluding carboxylic acids is 1. The summed E-state index contributed by atoms with van der Waals surface area (Å²) in [4.78, 5) is 18.3. The Morgan fingerprint density at radius 2 is 2.04 bits per heavy atom. The van der Waals surface area contributed by atoms with Crippen molar-refractivity contribution in [3.8, 4) is 0 Å². The smallest absolute Gasteiger partial charge is 0.225 e. The molecule has 1 aromatic rings. The number of carbonyl (C=O) groups is 1. The Hall–Kier alpha value is -2.05. The second-order valence-corrected chi connectivity index (χ2v) is 7.20. The van der Waals surface area contributed by atoms with E-state index in [4.69, 9.17) is 4.52 Å². The van der Waals surface area contributed by atoms with Crippen molar-refractivity contribution in [3.63, 3.8) is 0 Å². The third-order valence-electron chi connectivity index (χ3n) is 4.46. The summed E-state index contributed by atoms with van der Waals surface area (Å²) in [6.45, 7) is 10.2. The van der Waals surface area contributed by atoms with Gasteiger partial charge in [-0.15, -0.1) is 0 Å². The van der Waals surface area contributed by atoms with Gasteiger partial charge in [-0.1, -0.05) is 32.9 Å². The van der Waals surface area contributed by atoms with E-state index < -0.39 is 0 Å². The van der Waals surface area contributed by atoms with Gasteiger partial charge >= 0.3 is 0 Å². The van der Waals surface area contributed by atoms with Crippen molar-refractivity contribution in [2.45, 2.75) is 59.0 Å². The Labute approximate surface area is 150 Å². The summed E-state index contributed by atoms with van der Waals surface area (Å²) >= 11 is 0. The lowest BCUT2D eigenvalue weighted by Crippen LogP contribution is -2.50. The standard InChI is InChI=1S/C18H31N5O2/c1-12(2)16-10-15(25-22-16)11-20-18(19-5)21-14-6-8-23(9-7-14)17(24)13(3)4/h10,12-14H,6-9,11H2,1-5H3,(H2,19,20,21). The lowest BCUT2D eigenvalue weighted by Gasteiger charge is -2.34. The average Bonchev–Trinajstić information content (AvgIpc) is 3.07. The molecule has 1 aromatic heterocycles. The molecule has 140 valence electrons. The van der Waals surface area contributed by atoms with Gasteiger partial charge in [0.15, 0.2) is 11.7 Å². The number of guanidine groups is 1. The van der Waals surface area contributed by atoms with Crippen LogP contribution < -0.4 is 10.6 Å². The van der Waals surface area contributed by atoms with Crippen molar-refractivity contribution in [2.75, 3.05) is 20.1 Å². The third-order valence-corrected chi connectivity index (χ3v) is 4.46. The van der Waals surface area contributed by atoms with Crippen LogP contribution in [0.3, 0.4) is 0 Å². The van der Waals surface area contributed by atoms with Crippen LogP contribution in [0.5, 0.6) is 0 Å². The zero-order valence-electron chi connectivity index (χ0n) is 16.0. The second kappa shape index (κ2) is 8.87. The molecule has 0 atom stereocenters. The molecular formula is C18H31N5O2. The first kappa shape index (κ1) is 19.3. The maximum Gasteiger partial charge on any atom is 0.225 e. The Balaban J connectivity index is 1.78. The summed E-state index contributed by atoms with van der Waals surface area (Å²) in [7, 11) is 1.76. The van der Waals surface area contributed by atoms with Gasteiger partial charge in [0.05, 0.1) is 12.2 Å². The van der Waals surface area contributed by atoms with Gasteiger partial charge in [0, 0.05) is 38.2 Å². The maximum atomic E-state index is 12.0. The van der Waals surface area contributed by atoms with Gasteiger partial charge in [-0.2, -0.15) is 0 Å². The molecule has 2 N–H and O–H groups in total. The van der Waals surface area contributed by atoms with Crippen LogP contribution in [0.1, 0.15) is 57.9 Å². The number of hydrogen-bond acceptors (Lipinski definition) is 4. The number of nitrogens with one attached hydrogen (secondary N) is 2. The first-order valence-corrected chi connectivity index (χ1v) is 9.12. The summed E-state index contributed by atoms with van der Waals surface area (Å²) in [6.07, 6.45) is 1.86. The molecule has 25 heavy (non-hydrogen) atoms. The molecule has 1 saturated heterocycles. The molecule has 0 radical (unpaired) electrons. The molecule has 1 amide bonds. The van der Waals surface area contributed by atoms with Crippen molar-refractivity contribution in [3.05, 3.63) is 17.5 Å². The fourth-order valence-electron chi connectivity index (χ4n) is 2.85. The van der Waals surface area contributed by atoms with Gasteiger partial charge in [0.1, 0.15) is 0 Å². The molecule has 2 heterocycles. The van der Waals surface area contributed by atoms with Crippen LogP contribution in [0.25, 0.3) is 0 Å². The summed E-state index contributed by atoms with van der Waals surface area (Å²) in [5, 5.41) is 10.8. The zero-order chi connectivity index (χ0) is 18.4. The molecule has 0 spiro atoms. The van der Waals surface area contributed by atoms with Gasteiger partial charge in [0.25, 0.3) is 0 Å². The van der Waals surface area contributed by atoms with Crippen LogP contribution in [0, 0.1) is 5.92 Å². The Morgan fingerprint density at radius 3 is 2.56 bits per heavy atom. The summed E-state index contributed by atoms with van der Waals surface area (Å²) in [6, 6.07) is 2.30. The minimum absolute atomic E-state index is 0.0663. The van der Waals surface area contributed by atoms with E-state index in [0.717, 1.165) is 43.3 Å². The van der Waals surface area contributed by atoms with E-state index in [1.807, 2.05) is 24.8 Å². The number of hydrogen-bond donors (Lipinski definition) is 2. The highest BCUT2D eigenvalue weighted by atomic mass is 16.5. The van der Waals surface area contributed by atoms with Gasteiger partial charge in [-0.3, -0.25) is 9.79 Å². The van der Waals surface area contributed by atoms with E-state index in [0.29, 0.717) is 18.5 Å². The highest BCUT2D eigenvalue weighted by Crippen LogP contribution is 2.14. The summed E-state index contributed by atoms with van der Waals surface area (Å²) in [5.41, 5.74) is 0.960. The molecule has 1 aliphatic rings. The molecule has 0 aliphatic carbocycles. The molecule has 0 bridgehead atoms. The fourth-order valence-corrected chi connectivity index (χ4v) is 2.85. The van der Waals surface area contributed by atoms with Crippen LogP contribution in [-0.4, -0.2) is 48.1 Å². The van der Waals surface area contributed by atoms with E-state index in [2.05, 4.69) is 34.6 Å².